The Labute approximate surface area is 174 Å². The van der Waals surface area contributed by atoms with Gasteiger partial charge in [-0.05, 0) is 31.3 Å². The summed E-state index contributed by atoms with van der Waals surface area (Å²) >= 11 is 5.63. The summed E-state index contributed by atoms with van der Waals surface area (Å²) in [6.45, 7) is 2.90. The zero-order valence-corrected chi connectivity index (χ0v) is 17.5. The Morgan fingerprint density at radius 3 is 2.45 bits per heavy atom. The zero-order chi connectivity index (χ0) is 20.4. The number of aromatic nitrogens is 6. The largest absolute Gasteiger partial charge is 0.313 e. The van der Waals surface area contributed by atoms with Crippen molar-refractivity contribution in [2.45, 2.75) is 19.6 Å². The topological polar surface area (TPSA) is 57.9 Å². The van der Waals surface area contributed by atoms with Crippen LogP contribution in [0.4, 0.5) is 0 Å². The van der Waals surface area contributed by atoms with Gasteiger partial charge in [-0.25, -0.2) is 9.67 Å². The van der Waals surface area contributed by atoms with Gasteiger partial charge in [-0.2, -0.15) is 9.78 Å². The average Bonchev–Trinajstić information content (AvgIpc) is 3.39. The first kappa shape index (κ1) is 19.2. The Hall–Kier alpha value is -3.10. The molecule has 1 N–H and O–H groups in total. The van der Waals surface area contributed by atoms with Crippen LogP contribution in [0.5, 0.6) is 0 Å². The standard InChI is InChI=1S/C21H23N7S/c1-16(17-9-11-19(12-10-17)27-14-22-13-23-27)25(2)15-28-21(29)26(3)20(24-28)18-7-5-4-6-8-18/h4-14,16H,15H2,1-3H3/p+1/t16-/m1/s1. The van der Waals surface area contributed by atoms with Gasteiger partial charge in [0.05, 0.1) is 12.7 Å². The van der Waals surface area contributed by atoms with E-state index in [1.54, 1.807) is 11.0 Å². The lowest BCUT2D eigenvalue weighted by Crippen LogP contribution is -3.08. The molecule has 2 heterocycles. The SMILES string of the molecule is C[C@H](c1ccc(-n2cncn2)cc1)[NH+](C)Cn1nc(-c2ccccc2)n(C)c1=S. The number of hydrogen-bond acceptors (Lipinski definition) is 4. The van der Waals surface area contributed by atoms with Gasteiger partial charge in [0, 0.05) is 18.2 Å². The highest BCUT2D eigenvalue weighted by atomic mass is 32.1. The molecule has 0 aliphatic carbocycles. The molecule has 7 nitrogen and oxygen atoms in total. The van der Waals surface area contributed by atoms with Crippen molar-refractivity contribution < 1.29 is 4.90 Å². The highest BCUT2D eigenvalue weighted by molar-refractivity contribution is 7.71. The lowest BCUT2D eigenvalue weighted by atomic mass is 10.1. The Bertz CT molecular complexity index is 1130. The number of nitrogens with zero attached hydrogens (tertiary/aromatic N) is 6. The van der Waals surface area contributed by atoms with Crippen molar-refractivity contribution in [1.82, 2.24) is 29.1 Å². The van der Waals surface area contributed by atoms with E-state index in [0.29, 0.717) is 6.67 Å². The summed E-state index contributed by atoms with van der Waals surface area (Å²) in [5.41, 5.74) is 3.31. The third-order valence-corrected chi connectivity index (χ3v) is 5.77. The van der Waals surface area contributed by atoms with Crippen LogP contribution >= 0.6 is 12.2 Å². The van der Waals surface area contributed by atoms with Crippen molar-refractivity contribution in [3.05, 3.63) is 77.6 Å². The molecule has 0 amide bonds. The zero-order valence-electron chi connectivity index (χ0n) is 16.7. The van der Waals surface area contributed by atoms with E-state index in [9.17, 15) is 0 Å². The summed E-state index contributed by atoms with van der Waals surface area (Å²) < 4.78 is 6.35. The molecule has 4 rings (SSSR count). The molecular formula is C21H24N7S+. The highest BCUT2D eigenvalue weighted by Crippen LogP contribution is 2.17. The summed E-state index contributed by atoms with van der Waals surface area (Å²) in [6.07, 6.45) is 3.23. The first-order chi connectivity index (χ1) is 14.0. The summed E-state index contributed by atoms with van der Waals surface area (Å²) in [5.74, 6) is 0.883. The predicted octanol–water partition coefficient (Wildman–Crippen LogP) is 2.43. The molecule has 0 fully saturated rings. The fourth-order valence-electron chi connectivity index (χ4n) is 3.34. The second kappa shape index (κ2) is 8.10. The molecular weight excluding hydrogens is 382 g/mol. The minimum absolute atomic E-state index is 0.281. The first-order valence-corrected chi connectivity index (χ1v) is 9.92. The summed E-state index contributed by atoms with van der Waals surface area (Å²) in [4.78, 5) is 5.29. The van der Waals surface area contributed by atoms with E-state index in [4.69, 9.17) is 17.3 Å². The molecule has 2 aromatic carbocycles. The maximum atomic E-state index is 5.63. The van der Waals surface area contributed by atoms with E-state index in [2.05, 4.69) is 60.5 Å². The molecule has 2 aromatic heterocycles. The van der Waals surface area contributed by atoms with Gasteiger partial charge in [0.15, 0.2) is 12.5 Å². The van der Waals surface area contributed by atoms with Gasteiger partial charge < -0.3 is 9.47 Å². The smallest absolute Gasteiger partial charge is 0.202 e. The van der Waals surface area contributed by atoms with Gasteiger partial charge >= 0.3 is 0 Å². The Balaban J connectivity index is 1.52. The van der Waals surface area contributed by atoms with E-state index >= 15 is 0 Å². The van der Waals surface area contributed by atoms with Gasteiger partial charge in [0.2, 0.25) is 4.77 Å². The Kier molecular flexibility index (Phi) is 5.37. The molecule has 0 radical (unpaired) electrons. The van der Waals surface area contributed by atoms with Gasteiger partial charge in [-0.15, -0.1) is 5.10 Å². The summed E-state index contributed by atoms with van der Waals surface area (Å²) in [5, 5.41) is 8.95. The first-order valence-electron chi connectivity index (χ1n) is 9.51. The van der Waals surface area contributed by atoms with Crippen LogP contribution in [0.15, 0.2) is 67.3 Å². The molecule has 0 aliphatic rings. The van der Waals surface area contributed by atoms with Crippen molar-refractivity contribution >= 4 is 12.2 Å². The maximum absolute atomic E-state index is 5.63. The number of quaternary nitrogens is 1. The van der Waals surface area contributed by atoms with E-state index in [1.807, 2.05) is 34.5 Å². The molecule has 2 atom stereocenters. The normalized spacial score (nSPS) is 13.3. The Morgan fingerprint density at radius 1 is 1.07 bits per heavy atom. The lowest BCUT2D eigenvalue weighted by Gasteiger charge is -2.22. The number of benzene rings is 2. The van der Waals surface area contributed by atoms with E-state index in [-0.39, 0.29) is 6.04 Å². The van der Waals surface area contributed by atoms with Gasteiger partial charge in [-0.1, -0.05) is 42.5 Å². The number of rotatable bonds is 6. The van der Waals surface area contributed by atoms with Crippen molar-refractivity contribution in [1.29, 1.82) is 0 Å². The van der Waals surface area contributed by atoms with Crippen LogP contribution in [0.1, 0.15) is 18.5 Å². The molecule has 29 heavy (non-hydrogen) atoms. The summed E-state index contributed by atoms with van der Waals surface area (Å²) in [6, 6.07) is 18.8. The van der Waals surface area contributed by atoms with Crippen LogP contribution in [0, 0.1) is 4.77 Å². The van der Waals surface area contributed by atoms with Crippen LogP contribution in [0.2, 0.25) is 0 Å². The predicted molar refractivity (Wildman–Crippen MR) is 114 cm³/mol. The van der Waals surface area contributed by atoms with Crippen molar-refractivity contribution in [2.75, 3.05) is 7.05 Å². The third-order valence-electron chi connectivity index (χ3n) is 5.29. The molecule has 0 saturated carbocycles. The van der Waals surface area contributed by atoms with Crippen molar-refractivity contribution in [3.8, 4) is 17.1 Å². The quantitative estimate of drug-likeness (QED) is 0.500. The van der Waals surface area contributed by atoms with Gasteiger partial charge in [-0.3, -0.25) is 0 Å². The van der Waals surface area contributed by atoms with Crippen LogP contribution in [-0.2, 0) is 13.7 Å². The molecule has 8 heteroatoms. The molecule has 0 saturated heterocycles. The van der Waals surface area contributed by atoms with Gasteiger partial charge in [0.25, 0.3) is 0 Å². The van der Waals surface area contributed by atoms with E-state index in [0.717, 1.165) is 21.8 Å². The monoisotopic (exact) mass is 406 g/mol. The minimum Gasteiger partial charge on any atom is -0.313 e. The molecule has 1 unspecified atom stereocenters. The van der Waals surface area contributed by atoms with E-state index < -0.39 is 0 Å². The Morgan fingerprint density at radius 2 is 1.79 bits per heavy atom. The van der Waals surface area contributed by atoms with Gasteiger partial charge in [0.1, 0.15) is 18.7 Å². The second-order valence-corrected chi connectivity index (χ2v) is 7.55. The second-order valence-electron chi connectivity index (χ2n) is 7.19. The van der Waals surface area contributed by atoms with Crippen molar-refractivity contribution in [3.63, 3.8) is 0 Å². The van der Waals surface area contributed by atoms with Crippen LogP contribution in [0.3, 0.4) is 0 Å². The van der Waals surface area contributed by atoms with E-state index in [1.165, 1.54) is 16.8 Å². The average molecular weight is 407 g/mol. The van der Waals surface area contributed by atoms with Crippen molar-refractivity contribution in [2.24, 2.45) is 7.05 Å². The fourth-order valence-corrected chi connectivity index (χ4v) is 3.54. The van der Waals surface area contributed by atoms with Crippen LogP contribution in [-0.4, -0.2) is 36.2 Å². The van der Waals surface area contributed by atoms with Crippen LogP contribution in [0.25, 0.3) is 17.1 Å². The molecule has 0 bridgehead atoms. The minimum atomic E-state index is 0.281. The van der Waals surface area contributed by atoms with Crippen LogP contribution < -0.4 is 4.90 Å². The number of hydrogen-bond donors (Lipinski definition) is 1. The lowest BCUT2D eigenvalue weighted by molar-refractivity contribution is -0.933. The summed E-state index contributed by atoms with van der Waals surface area (Å²) in [7, 11) is 4.13. The molecule has 0 spiro atoms. The third kappa shape index (κ3) is 3.90. The number of nitrogens with one attached hydrogen (secondary N) is 1. The molecule has 4 aromatic rings. The molecule has 0 aliphatic heterocycles. The molecule has 148 valence electrons. The highest BCUT2D eigenvalue weighted by Gasteiger charge is 2.18. The fraction of sp³-hybridized carbons (Fsp3) is 0.238. The maximum Gasteiger partial charge on any atom is 0.202 e.